The van der Waals surface area contributed by atoms with E-state index < -0.39 is 63.6 Å². The van der Waals surface area contributed by atoms with Crippen LogP contribution in [0.5, 0.6) is 5.75 Å². The molecule has 7 N–H and O–H groups in total. The van der Waals surface area contributed by atoms with E-state index in [1.807, 2.05) is 0 Å². The van der Waals surface area contributed by atoms with E-state index in [9.17, 15) is 39.6 Å². The summed E-state index contributed by atoms with van der Waals surface area (Å²) in [6.45, 7) is 3.88. The Morgan fingerprint density at radius 1 is 1.19 bits per heavy atom. The number of phenolic OH excluding ortho intramolecular Hbond substituents is 1. The quantitative estimate of drug-likeness (QED) is 0.228. The summed E-state index contributed by atoms with van der Waals surface area (Å²) in [5, 5.41) is 48.1. The van der Waals surface area contributed by atoms with Gasteiger partial charge in [-0.3, -0.25) is 29.0 Å². The smallest absolute Gasteiger partial charge is 0.255 e. The number of carbonyl (C=O) groups is 4. The van der Waals surface area contributed by atoms with Gasteiger partial charge in [0.15, 0.2) is 17.2 Å². The molecule has 0 saturated heterocycles. The first-order valence-electron chi connectivity index (χ1n) is 13.5. The Labute approximate surface area is 248 Å². The summed E-state index contributed by atoms with van der Waals surface area (Å²) < 4.78 is 0. The van der Waals surface area contributed by atoms with Crippen molar-refractivity contribution in [2.45, 2.75) is 50.4 Å². The summed E-state index contributed by atoms with van der Waals surface area (Å²) in [5.41, 5.74) is 1.41. The predicted octanol–water partition coefficient (Wildman–Crippen LogP) is 0.616. The lowest BCUT2D eigenvalue weighted by Gasteiger charge is -2.50. The number of aliphatic hydroxyl groups is 3. The molecular weight excluding hydrogens is 568 g/mol. The first kappa shape index (κ1) is 31.6. The third kappa shape index (κ3) is 4.53. The third-order valence-corrected chi connectivity index (χ3v) is 9.58. The van der Waals surface area contributed by atoms with Crippen molar-refractivity contribution in [3.63, 3.8) is 0 Å². The molecule has 4 atom stereocenters. The molecule has 1 amide bonds. The van der Waals surface area contributed by atoms with Crippen molar-refractivity contribution >= 4 is 40.6 Å². The van der Waals surface area contributed by atoms with Gasteiger partial charge in [0.05, 0.1) is 23.7 Å². The van der Waals surface area contributed by atoms with E-state index >= 15 is 0 Å². The number of carbonyl (C=O) groups excluding carboxylic acids is 4. The second kappa shape index (κ2) is 10.8. The molecule has 0 aliphatic heterocycles. The second-order valence-electron chi connectivity index (χ2n) is 12.1. The Morgan fingerprint density at radius 2 is 1.81 bits per heavy atom. The number of ketones is 3. The normalized spacial score (nSPS) is 26.0. The largest absolute Gasteiger partial charge is 0.508 e. The molecule has 1 fully saturated rings. The fourth-order valence-electron chi connectivity index (χ4n) is 6.50. The zero-order valence-electron chi connectivity index (χ0n) is 24.4. The molecule has 0 radical (unpaired) electrons. The van der Waals surface area contributed by atoms with E-state index in [0.717, 1.165) is 0 Å². The fourth-order valence-corrected chi connectivity index (χ4v) is 6.79. The van der Waals surface area contributed by atoms with E-state index in [0.29, 0.717) is 11.1 Å². The van der Waals surface area contributed by atoms with Gasteiger partial charge in [-0.15, -0.1) is 0 Å². The minimum absolute atomic E-state index is 0.0431. The topological polar surface area (TPSA) is 194 Å². The van der Waals surface area contributed by atoms with E-state index in [2.05, 4.69) is 5.32 Å². The summed E-state index contributed by atoms with van der Waals surface area (Å²) in [5.74, 6) is -7.32. The summed E-state index contributed by atoms with van der Waals surface area (Å²) in [7, 11) is 6.50. The van der Waals surface area contributed by atoms with Crippen LogP contribution in [0.3, 0.4) is 0 Å². The van der Waals surface area contributed by atoms with Gasteiger partial charge in [-0.05, 0) is 78.0 Å². The molecule has 1 saturated carbocycles. The lowest BCUT2D eigenvalue weighted by molar-refractivity contribution is -0.153. The van der Waals surface area contributed by atoms with Crippen molar-refractivity contribution in [3.05, 3.63) is 44.7 Å². The first-order chi connectivity index (χ1) is 19.4. The van der Waals surface area contributed by atoms with Gasteiger partial charge in [0.1, 0.15) is 22.8 Å². The monoisotopic (exact) mass is 604 g/mol. The van der Waals surface area contributed by atoms with Crippen LogP contribution < -0.4 is 11.1 Å². The summed E-state index contributed by atoms with van der Waals surface area (Å²) in [6, 6.07) is 0.172. The van der Waals surface area contributed by atoms with Crippen LogP contribution in [-0.4, -0.2) is 105 Å². The zero-order chi connectivity index (χ0) is 31.6. The van der Waals surface area contributed by atoms with Crippen molar-refractivity contribution in [2.24, 2.45) is 17.6 Å². The first-order valence-corrected chi connectivity index (χ1v) is 13.9. The van der Waals surface area contributed by atoms with Gasteiger partial charge in [0.25, 0.3) is 5.91 Å². The second-order valence-corrected chi connectivity index (χ2v) is 12.4. The summed E-state index contributed by atoms with van der Waals surface area (Å²) in [4.78, 5) is 55.2. The van der Waals surface area contributed by atoms with E-state index in [1.54, 1.807) is 32.8 Å². The van der Waals surface area contributed by atoms with Crippen LogP contribution >= 0.6 is 11.6 Å². The van der Waals surface area contributed by atoms with Gasteiger partial charge in [0.2, 0.25) is 5.78 Å². The average Bonchev–Trinajstić information content (AvgIpc) is 2.88. The van der Waals surface area contributed by atoms with Crippen LogP contribution in [0.25, 0.3) is 5.76 Å². The molecule has 12 nitrogen and oxygen atoms in total. The zero-order valence-corrected chi connectivity index (χ0v) is 25.2. The third-order valence-electron chi connectivity index (χ3n) is 9.11. The molecule has 1 aromatic rings. The Bertz CT molecular complexity index is 1470. The molecule has 228 valence electrons. The van der Waals surface area contributed by atoms with Gasteiger partial charge < -0.3 is 31.5 Å². The Morgan fingerprint density at radius 3 is 2.36 bits per heavy atom. The predicted molar refractivity (Wildman–Crippen MR) is 154 cm³/mol. The molecule has 0 spiro atoms. The number of Topliss-reactive ketones (excluding diaryl/α,β-unsaturated/α-hetero) is 3. The molecule has 1 aromatic carbocycles. The molecule has 4 rings (SSSR count). The van der Waals surface area contributed by atoms with Crippen LogP contribution in [0.2, 0.25) is 5.02 Å². The number of nitrogens with one attached hydrogen (secondary N) is 1. The number of rotatable bonds is 8. The number of aromatic hydroxyl groups is 1. The van der Waals surface area contributed by atoms with Crippen molar-refractivity contribution in [1.29, 1.82) is 0 Å². The van der Waals surface area contributed by atoms with Crippen molar-refractivity contribution in [1.82, 2.24) is 15.1 Å². The maximum absolute atomic E-state index is 13.9. The number of primary amides is 1. The van der Waals surface area contributed by atoms with Crippen LogP contribution in [0.15, 0.2) is 23.0 Å². The lowest BCUT2D eigenvalue weighted by atomic mass is 9.57. The SMILES string of the molecule is CNCC(=O)C(C)(C)N(C)Cc1cc(O)c2c(c1Cl)C[C@H]1C[C@H]3[C@H](N(C)C)C(=O)C(C(N)=O)=C(O)C3(O)C(=O)C1=C2O. The molecule has 0 aromatic heterocycles. The minimum Gasteiger partial charge on any atom is -0.508 e. The summed E-state index contributed by atoms with van der Waals surface area (Å²) >= 11 is 6.85. The van der Waals surface area contributed by atoms with Crippen molar-refractivity contribution in [2.75, 3.05) is 34.7 Å². The highest BCUT2D eigenvalue weighted by Crippen LogP contribution is 2.53. The van der Waals surface area contributed by atoms with Gasteiger partial charge >= 0.3 is 0 Å². The highest BCUT2D eigenvalue weighted by atomic mass is 35.5. The van der Waals surface area contributed by atoms with Gasteiger partial charge in [-0.2, -0.15) is 0 Å². The van der Waals surface area contributed by atoms with E-state index in [-0.39, 0.29) is 53.6 Å². The highest BCUT2D eigenvalue weighted by molar-refractivity contribution is 6.32. The number of nitrogens with two attached hydrogens (primary N) is 1. The number of benzene rings is 1. The number of amides is 1. The number of hydrogen-bond acceptors (Lipinski definition) is 11. The number of fused-ring (bicyclic) bond motifs is 3. The van der Waals surface area contributed by atoms with Gasteiger partial charge in [-0.25, -0.2) is 0 Å². The molecule has 3 aliphatic rings. The molecular formula is C29H37ClN4O8. The maximum atomic E-state index is 13.9. The minimum atomic E-state index is -2.71. The van der Waals surface area contributed by atoms with Gasteiger partial charge in [-0.1, -0.05) is 11.6 Å². The van der Waals surface area contributed by atoms with Crippen LogP contribution in [-0.2, 0) is 32.1 Å². The van der Waals surface area contributed by atoms with Crippen LogP contribution in [0, 0.1) is 11.8 Å². The molecule has 1 unspecified atom stereocenters. The van der Waals surface area contributed by atoms with Crippen LogP contribution in [0.4, 0.5) is 0 Å². The number of aliphatic hydroxyl groups excluding tert-OH is 2. The standard InChI is InChI=1S/C29H37ClN4O8/c1-28(2,17(36)10-32-3)34(6)11-13-9-16(35)19-14(21(13)30)7-12-8-15-22(33(4)5)24(38)20(27(31)41)26(40)29(15,42)25(39)18(12)23(19)37/h9,12,15,22,32,35,37,40,42H,7-8,10-11H2,1-6H3,(H2,31,41)/t12-,15-,22-,29?/m0/s1. The van der Waals surface area contributed by atoms with E-state index in [1.165, 1.54) is 25.1 Å². The van der Waals surface area contributed by atoms with E-state index in [4.69, 9.17) is 17.3 Å². The molecule has 0 heterocycles. The van der Waals surface area contributed by atoms with Crippen LogP contribution in [0.1, 0.15) is 37.0 Å². The lowest BCUT2D eigenvalue weighted by Crippen LogP contribution is -2.65. The molecule has 13 heteroatoms. The highest BCUT2D eigenvalue weighted by Gasteiger charge is 2.64. The molecule has 42 heavy (non-hydrogen) atoms. The number of halogens is 1. The molecule has 3 aliphatic carbocycles. The van der Waals surface area contributed by atoms with Crippen molar-refractivity contribution < 1.29 is 39.6 Å². The van der Waals surface area contributed by atoms with Gasteiger partial charge in [0, 0.05) is 23.1 Å². The fraction of sp³-hybridized carbons (Fsp3) is 0.517. The molecule has 0 bridgehead atoms. The number of likely N-dealkylation sites (N-methyl/N-ethyl adjacent to an activating group) is 3. The number of nitrogens with zero attached hydrogens (tertiary/aromatic N) is 2. The maximum Gasteiger partial charge on any atom is 0.255 e. The van der Waals surface area contributed by atoms with Crippen molar-refractivity contribution in [3.8, 4) is 5.75 Å². The number of phenols is 1. The number of hydrogen-bond donors (Lipinski definition) is 6. The Balaban J connectivity index is 1.84. The summed E-state index contributed by atoms with van der Waals surface area (Å²) in [6.07, 6.45) is 0.0269. The Kier molecular flexibility index (Phi) is 8.11. The average molecular weight is 605 g/mol. The Hall–Kier alpha value is -3.29.